The lowest BCUT2D eigenvalue weighted by Gasteiger charge is -2.28. The van der Waals surface area contributed by atoms with E-state index in [1.807, 2.05) is 4.68 Å². The molecule has 0 amide bonds. The van der Waals surface area contributed by atoms with Crippen LogP contribution in [0.3, 0.4) is 0 Å². The number of likely N-dealkylation sites (tertiary alicyclic amines) is 1. The molecule has 1 saturated heterocycles. The van der Waals surface area contributed by atoms with Gasteiger partial charge >= 0.3 is 5.97 Å². The summed E-state index contributed by atoms with van der Waals surface area (Å²) in [5.74, 6) is 1.15. The second-order valence-electron chi connectivity index (χ2n) is 6.47. The molecule has 1 N–H and O–H groups in total. The van der Waals surface area contributed by atoms with Gasteiger partial charge < -0.3 is 14.7 Å². The number of piperidine rings is 1. The third-order valence-corrected chi connectivity index (χ3v) is 4.65. The predicted octanol–water partition coefficient (Wildman–Crippen LogP) is 1.96. The van der Waals surface area contributed by atoms with Crippen LogP contribution < -0.4 is 0 Å². The first-order valence-electron chi connectivity index (χ1n) is 8.55. The van der Waals surface area contributed by atoms with Crippen LogP contribution in [0.25, 0.3) is 5.69 Å². The van der Waals surface area contributed by atoms with Crippen molar-refractivity contribution in [3.8, 4) is 5.69 Å². The van der Waals surface area contributed by atoms with E-state index in [2.05, 4.69) is 17.0 Å². The Labute approximate surface area is 147 Å². The number of methoxy groups -OCH3 is 1. The Morgan fingerprint density at radius 2 is 1.96 bits per heavy atom. The molecule has 1 aromatic heterocycles. The Morgan fingerprint density at radius 1 is 1.28 bits per heavy atom. The largest absolute Gasteiger partial charge is 0.478 e. The number of nitrogens with zero attached hydrogens (tertiary/aromatic N) is 4. The van der Waals surface area contributed by atoms with Gasteiger partial charge in [0.2, 0.25) is 0 Å². The van der Waals surface area contributed by atoms with Gasteiger partial charge in [0.15, 0.2) is 5.82 Å². The molecule has 1 aliphatic heterocycles. The van der Waals surface area contributed by atoms with Gasteiger partial charge in [0, 0.05) is 19.4 Å². The molecule has 2 aromatic rings. The van der Waals surface area contributed by atoms with Crippen LogP contribution in [0.5, 0.6) is 0 Å². The van der Waals surface area contributed by atoms with E-state index in [1.165, 1.54) is 0 Å². The molecular weight excluding hydrogens is 320 g/mol. The number of rotatable bonds is 6. The SMILES string of the molecule is COCCc1nc(C2CCN(C)CC2)n(-c2ccc(C(=O)O)cc2)n1. The van der Waals surface area contributed by atoms with E-state index >= 15 is 0 Å². The standard InChI is InChI=1S/C18H24N4O3/c1-21-10-7-13(8-11-21)17-19-16(9-12-25-2)20-22(17)15-5-3-14(4-6-15)18(23)24/h3-6,13H,7-12H2,1-2H3,(H,23,24). The highest BCUT2D eigenvalue weighted by Crippen LogP contribution is 2.28. The predicted molar refractivity (Wildman–Crippen MR) is 93.4 cm³/mol. The van der Waals surface area contributed by atoms with Gasteiger partial charge in [-0.2, -0.15) is 5.10 Å². The van der Waals surface area contributed by atoms with Gasteiger partial charge in [-0.3, -0.25) is 0 Å². The maximum Gasteiger partial charge on any atom is 0.335 e. The molecule has 7 heteroatoms. The van der Waals surface area contributed by atoms with Gasteiger partial charge in [-0.1, -0.05) is 0 Å². The summed E-state index contributed by atoms with van der Waals surface area (Å²) in [5.41, 5.74) is 1.11. The zero-order valence-electron chi connectivity index (χ0n) is 14.7. The van der Waals surface area contributed by atoms with Gasteiger partial charge in [0.25, 0.3) is 0 Å². The van der Waals surface area contributed by atoms with E-state index in [1.54, 1.807) is 31.4 Å². The summed E-state index contributed by atoms with van der Waals surface area (Å²) in [4.78, 5) is 18.2. The van der Waals surface area contributed by atoms with Crippen LogP contribution in [0, 0.1) is 0 Å². The van der Waals surface area contributed by atoms with Crippen molar-refractivity contribution in [3.05, 3.63) is 41.5 Å². The Morgan fingerprint density at radius 3 is 2.56 bits per heavy atom. The first-order chi connectivity index (χ1) is 12.1. The molecule has 0 aliphatic carbocycles. The van der Waals surface area contributed by atoms with Crippen LogP contribution in [0.4, 0.5) is 0 Å². The van der Waals surface area contributed by atoms with E-state index in [0.717, 1.165) is 43.3 Å². The Kier molecular flexibility index (Phi) is 5.45. The molecule has 0 spiro atoms. The Hall–Kier alpha value is -2.25. The number of hydrogen-bond donors (Lipinski definition) is 1. The van der Waals surface area contributed by atoms with E-state index in [0.29, 0.717) is 18.9 Å². The van der Waals surface area contributed by atoms with Crippen LogP contribution in [0.1, 0.15) is 40.8 Å². The summed E-state index contributed by atoms with van der Waals surface area (Å²) in [6, 6.07) is 6.78. The minimum absolute atomic E-state index is 0.268. The normalized spacial score (nSPS) is 16.2. The summed E-state index contributed by atoms with van der Waals surface area (Å²) in [5, 5.41) is 13.7. The average molecular weight is 344 g/mol. The summed E-state index contributed by atoms with van der Waals surface area (Å²) < 4.78 is 7.01. The van der Waals surface area contributed by atoms with Gasteiger partial charge in [0.1, 0.15) is 5.82 Å². The quantitative estimate of drug-likeness (QED) is 0.863. The van der Waals surface area contributed by atoms with Crippen molar-refractivity contribution >= 4 is 5.97 Å². The third-order valence-electron chi connectivity index (χ3n) is 4.65. The Balaban J connectivity index is 1.92. The average Bonchev–Trinajstić information content (AvgIpc) is 3.05. The van der Waals surface area contributed by atoms with E-state index in [4.69, 9.17) is 14.8 Å². The van der Waals surface area contributed by atoms with Crippen molar-refractivity contribution in [1.82, 2.24) is 19.7 Å². The molecule has 7 nitrogen and oxygen atoms in total. The Bertz CT molecular complexity index is 718. The highest BCUT2D eigenvalue weighted by Gasteiger charge is 2.25. The molecule has 1 fully saturated rings. The van der Waals surface area contributed by atoms with E-state index < -0.39 is 5.97 Å². The lowest BCUT2D eigenvalue weighted by molar-refractivity contribution is 0.0697. The fourth-order valence-electron chi connectivity index (χ4n) is 3.13. The second kappa shape index (κ2) is 7.76. The van der Waals surface area contributed by atoms with Gasteiger partial charge in [-0.25, -0.2) is 14.5 Å². The number of aromatic nitrogens is 3. The number of carbonyl (C=O) groups is 1. The molecule has 2 heterocycles. The van der Waals surface area contributed by atoms with Crippen molar-refractivity contribution < 1.29 is 14.6 Å². The monoisotopic (exact) mass is 344 g/mol. The van der Waals surface area contributed by atoms with Crippen LogP contribution in [0.15, 0.2) is 24.3 Å². The fourth-order valence-corrected chi connectivity index (χ4v) is 3.13. The number of ether oxygens (including phenoxy) is 1. The summed E-state index contributed by atoms with van der Waals surface area (Å²) >= 11 is 0. The number of aromatic carboxylic acids is 1. The molecule has 3 rings (SSSR count). The van der Waals surface area contributed by atoms with Crippen LogP contribution in [-0.4, -0.2) is 64.6 Å². The smallest absolute Gasteiger partial charge is 0.335 e. The summed E-state index contributed by atoms with van der Waals surface area (Å²) in [6.07, 6.45) is 2.76. The number of carboxylic acids is 1. The van der Waals surface area contributed by atoms with Crippen LogP contribution >= 0.6 is 0 Å². The first-order valence-corrected chi connectivity index (χ1v) is 8.55. The topological polar surface area (TPSA) is 80.5 Å². The molecule has 1 aliphatic rings. The lowest BCUT2D eigenvalue weighted by Crippen LogP contribution is -2.30. The molecule has 134 valence electrons. The molecule has 0 atom stereocenters. The molecule has 25 heavy (non-hydrogen) atoms. The van der Waals surface area contributed by atoms with Gasteiger partial charge in [0.05, 0.1) is 17.9 Å². The fraction of sp³-hybridized carbons (Fsp3) is 0.500. The van der Waals surface area contributed by atoms with E-state index in [9.17, 15) is 4.79 Å². The van der Waals surface area contributed by atoms with Crippen molar-refractivity contribution in [1.29, 1.82) is 0 Å². The van der Waals surface area contributed by atoms with Crippen LogP contribution in [-0.2, 0) is 11.2 Å². The summed E-state index contributed by atoms with van der Waals surface area (Å²) in [7, 11) is 3.80. The van der Waals surface area contributed by atoms with Crippen molar-refractivity contribution in [3.63, 3.8) is 0 Å². The zero-order chi connectivity index (χ0) is 17.8. The first kappa shape index (κ1) is 17.6. The van der Waals surface area contributed by atoms with Crippen molar-refractivity contribution in [2.75, 3.05) is 33.9 Å². The molecular formula is C18H24N4O3. The number of benzene rings is 1. The lowest BCUT2D eigenvalue weighted by atomic mass is 9.96. The van der Waals surface area contributed by atoms with Gasteiger partial charge in [-0.15, -0.1) is 0 Å². The molecule has 0 bridgehead atoms. The molecule has 0 saturated carbocycles. The van der Waals surface area contributed by atoms with Crippen molar-refractivity contribution in [2.24, 2.45) is 0 Å². The minimum Gasteiger partial charge on any atom is -0.478 e. The number of hydrogen-bond acceptors (Lipinski definition) is 5. The highest BCUT2D eigenvalue weighted by molar-refractivity contribution is 5.87. The minimum atomic E-state index is -0.929. The van der Waals surface area contributed by atoms with Gasteiger partial charge in [-0.05, 0) is 57.2 Å². The summed E-state index contributed by atoms with van der Waals surface area (Å²) in [6.45, 7) is 2.67. The second-order valence-corrected chi connectivity index (χ2v) is 6.47. The maximum absolute atomic E-state index is 11.1. The molecule has 0 unspecified atom stereocenters. The molecule has 0 radical (unpaired) electrons. The van der Waals surface area contributed by atoms with E-state index in [-0.39, 0.29) is 5.56 Å². The molecule has 1 aromatic carbocycles. The zero-order valence-corrected chi connectivity index (χ0v) is 14.7. The maximum atomic E-state index is 11.1. The number of carboxylic acid groups (broad SMARTS) is 1. The van der Waals surface area contributed by atoms with Crippen molar-refractivity contribution in [2.45, 2.75) is 25.2 Å². The van der Waals surface area contributed by atoms with Crippen LogP contribution in [0.2, 0.25) is 0 Å². The highest BCUT2D eigenvalue weighted by atomic mass is 16.5. The third kappa shape index (κ3) is 4.05.